The standard InChI is InChI=1S/C21H24N2O3/c1-4-10-21(2,25)11-8-14-6-5-7-16-19(14)15(20(24)23-16)13-17-18(26-3)9-12-22-17/h5-9,11-13,22,25H,4,10H2,1-3H3,(H,23,24)/b11-8?,15-13-. The summed E-state index contributed by atoms with van der Waals surface area (Å²) in [5.41, 5.74) is 2.91. The van der Waals surface area contributed by atoms with Crippen LogP contribution >= 0.6 is 0 Å². The maximum Gasteiger partial charge on any atom is 0.256 e. The number of aromatic nitrogens is 1. The molecule has 136 valence electrons. The van der Waals surface area contributed by atoms with Gasteiger partial charge >= 0.3 is 0 Å². The van der Waals surface area contributed by atoms with Crippen LogP contribution in [0.15, 0.2) is 36.5 Å². The quantitative estimate of drug-likeness (QED) is 0.686. The predicted octanol–water partition coefficient (Wildman–Crippen LogP) is 4.08. The van der Waals surface area contributed by atoms with Gasteiger partial charge in [0, 0.05) is 17.4 Å². The fourth-order valence-corrected chi connectivity index (χ4v) is 3.22. The van der Waals surface area contributed by atoms with Crippen molar-refractivity contribution in [2.75, 3.05) is 12.4 Å². The molecule has 1 unspecified atom stereocenters. The van der Waals surface area contributed by atoms with Gasteiger partial charge in [-0.2, -0.15) is 0 Å². The van der Waals surface area contributed by atoms with Crippen LogP contribution in [-0.2, 0) is 4.79 Å². The molecule has 3 N–H and O–H groups in total. The highest BCUT2D eigenvalue weighted by molar-refractivity contribution is 6.35. The van der Waals surface area contributed by atoms with Gasteiger partial charge in [-0.3, -0.25) is 4.79 Å². The Morgan fingerprint density at radius 1 is 1.31 bits per heavy atom. The van der Waals surface area contributed by atoms with Crippen LogP contribution in [0.1, 0.15) is 43.5 Å². The fraction of sp³-hybridized carbons (Fsp3) is 0.286. The number of methoxy groups -OCH3 is 1. The molecule has 26 heavy (non-hydrogen) atoms. The van der Waals surface area contributed by atoms with E-state index in [9.17, 15) is 9.90 Å². The molecule has 1 aromatic heterocycles. The highest BCUT2D eigenvalue weighted by Crippen LogP contribution is 2.37. The third kappa shape index (κ3) is 3.58. The number of amides is 1. The molecule has 1 atom stereocenters. The Morgan fingerprint density at radius 3 is 2.85 bits per heavy atom. The van der Waals surface area contributed by atoms with E-state index in [0.29, 0.717) is 17.7 Å². The van der Waals surface area contributed by atoms with Crippen molar-refractivity contribution in [3.8, 4) is 5.75 Å². The van der Waals surface area contributed by atoms with Gasteiger partial charge in [0.1, 0.15) is 5.75 Å². The van der Waals surface area contributed by atoms with Crippen LogP contribution in [0.3, 0.4) is 0 Å². The molecular formula is C21H24N2O3. The van der Waals surface area contributed by atoms with E-state index >= 15 is 0 Å². The van der Waals surface area contributed by atoms with E-state index < -0.39 is 5.60 Å². The maximum absolute atomic E-state index is 12.5. The molecule has 0 saturated carbocycles. The first-order valence-electron chi connectivity index (χ1n) is 8.74. The summed E-state index contributed by atoms with van der Waals surface area (Å²) in [7, 11) is 1.60. The molecule has 1 amide bonds. The lowest BCUT2D eigenvalue weighted by Gasteiger charge is -2.17. The third-order valence-electron chi connectivity index (χ3n) is 4.48. The van der Waals surface area contributed by atoms with Crippen LogP contribution in [0.2, 0.25) is 0 Å². The summed E-state index contributed by atoms with van der Waals surface area (Å²) in [6.45, 7) is 3.83. The van der Waals surface area contributed by atoms with Gasteiger partial charge in [0.15, 0.2) is 0 Å². The Balaban J connectivity index is 2.04. The summed E-state index contributed by atoms with van der Waals surface area (Å²) in [4.78, 5) is 15.6. The summed E-state index contributed by atoms with van der Waals surface area (Å²) >= 11 is 0. The second-order valence-electron chi connectivity index (χ2n) is 6.68. The van der Waals surface area contributed by atoms with Gasteiger partial charge in [-0.15, -0.1) is 0 Å². The number of nitrogens with one attached hydrogen (secondary N) is 2. The Kier molecular flexibility index (Phi) is 5.00. The van der Waals surface area contributed by atoms with Gasteiger partial charge in [0.2, 0.25) is 0 Å². The van der Waals surface area contributed by atoms with Crippen LogP contribution in [0.25, 0.3) is 17.7 Å². The molecule has 1 aromatic carbocycles. The molecule has 5 nitrogen and oxygen atoms in total. The molecule has 5 heteroatoms. The molecule has 0 saturated heterocycles. The summed E-state index contributed by atoms with van der Waals surface area (Å²) in [5, 5.41) is 13.3. The number of hydrogen-bond acceptors (Lipinski definition) is 3. The van der Waals surface area contributed by atoms with E-state index in [4.69, 9.17) is 4.74 Å². The van der Waals surface area contributed by atoms with Gasteiger partial charge in [-0.25, -0.2) is 0 Å². The number of benzene rings is 1. The minimum atomic E-state index is -0.875. The average molecular weight is 352 g/mol. The maximum atomic E-state index is 12.5. The van der Waals surface area contributed by atoms with Crippen molar-refractivity contribution >= 4 is 29.3 Å². The van der Waals surface area contributed by atoms with Gasteiger partial charge < -0.3 is 20.1 Å². The molecule has 2 heterocycles. The fourth-order valence-electron chi connectivity index (χ4n) is 3.22. The second-order valence-corrected chi connectivity index (χ2v) is 6.68. The summed E-state index contributed by atoms with van der Waals surface area (Å²) in [6, 6.07) is 7.53. The van der Waals surface area contributed by atoms with Crippen molar-refractivity contribution in [3.63, 3.8) is 0 Å². The highest BCUT2D eigenvalue weighted by atomic mass is 16.5. The monoisotopic (exact) mass is 352 g/mol. The molecule has 0 bridgehead atoms. The van der Waals surface area contributed by atoms with Crippen molar-refractivity contribution in [2.24, 2.45) is 0 Å². The number of carbonyl (C=O) groups is 1. The number of anilines is 1. The van der Waals surface area contributed by atoms with Gasteiger partial charge in [-0.05, 0) is 37.1 Å². The number of ether oxygens (including phenoxy) is 1. The topological polar surface area (TPSA) is 74.3 Å². The highest BCUT2D eigenvalue weighted by Gasteiger charge is 2.27. The number of aliphatic hydroxyl groups is 1. The Morgan fingerprint density at radius 2 is 2.12 bits per heavy atom. The first-order chi connectivity index (χ1) is 12.4. The number of rotatable bonds is 6. The minimum Gasteiger partial charge on any atom is -0.495 e. The molecule has 0 fully saturated rings. The smallest absolute Gasteiger partial charge is 0.256 e. The van der Waals surface area contributed by atoms with Gasteiger partial charge in [0.05, 0.1) is 24.0 Å². The number of fused-ring (bicyclic) bond motifs is 1. The lowest BCUT2D eigenvalue weighted by molar-refractivity contribution is -0.110. The summed E-state index contributed by atoms with van der Waals surface area (Å²) in [6.07, 6.45) is 8.81. The van der Waals surface area contributed by atoms with Crippen molar-refractivity contribution in [1.82, 2.24) is 4.98 Å². The van der Waals surface area contributed by atoms with Gasteiger partial charge in [-0.1, -0.05) is 37.6 Å². The zero-order valence-corrected chi connectivity index (χ0v) is 15.3. The van der Waals surface area contributed by atoms with Crippen LogP contribution in [0.5, 0.6) is 5.75 Å². The van der Waals surface area contributed by atoms with E-state index in [1.807, 2.05) is 37.3 Å². The average Bonchev–Trinajstić information content (AvgIpc) is 3.18. The molecule has 0 aliphatic carbocycles. The normalized spacial score (nSPS) is 17.4. The number of hydrogen-bond donors (Lipinski definition) is 3. The first-order valence-corrected chi connectivity index (χ1v) is 8.74. The van der Waals surface area contributed by atoms with E-state index in [-0.39, 0.29) is 5.91 Å². The lowest BCUT2D eigenvalue weighted by Crippen LogP contribution is -2.19. The van der Waals surface area contributed by atoms with Crippen LogP contribution in [0.4, 0.5) is 5.69 Å². The predicted molar refractivity (Wildman–Crippen MR) is 105 cm³/mol. The van der Waals surface area contributed by atoms with E-state index in [0.717, 1.165) is 28.9 Å². The lowest BCUT2D eigenvalue weighted by atomic mass is 9.95. The Bertz CT molecular complexity index is 875. The SMILES string of the molecule is CCCC(C)(O)C=Cc1cccc2c1/C(=C/c1[nH]ccc1OC)C(=O)N2. The summed E-state index contributed by atoms with van der Waals surface area (Å²) < 4.78 is 5.31. The molecule has 1 aliphatic heterocycles. The first kappa shape index (κ1) is 18.0. The van der Waals surface area contributed by atoms with E-state index in [1.54, 1.807) is 32.4 Å². The van der Waals surface area contributed by atoms with Crippen molar-refractivity contribution < 1.29 is 14.6 Å². The zero-order valence-electron chi connectivity index (χ0n) is 15.3. The Labute approximate surface area is 153 Å². The van der Waals surface area contributed by atoms with Crippen molar-refractivity contribution in [1.29, 1.82) is 0 Å². The third-order valence-corrected chi connectivity index (χ3v) is 4.48. The molecule has 1 aliphatic rings. The number of carbonyl (C=O) groups excluding carboxylic acids is 1. The molecule has 0 spiro atoms. The molecule has 0 radical (unpaired) electrons. The van der Waals surface area contributed by atoms with E-state index in [2.05, 4.69) is 10.3 Å². The summed E-state index contributed by atoms with van der Waals surface area (Å²) in [5.74, 6) is 0.524. The number of aromatic amines is 1. The van der Waals surface area contributed by atoms with Crippen LogP contribution in [-0.4, -0.2) is 28.7 Å². The molecular weight excluding hydrogens is 328 g/mol. The van der Waals surface area contributed by atoms with E-state index in [1.165, 1.54) is 0 Å². The minimum absolute atomic E-state index is 0.155. The largest absolute Gasteiger partial charge is 0.495 e. The number of H-pyrrole nitrogens is 1. The van der Waals surface area contributed by atoms with Crippen LogP contribution < -0.4 is 10.1 Å². The van der Waals surface area contributed by atoms with Crippen molar-refractivity contribution in [3.05, 3.63) is 53.4 Å². The molecule has 3 rings (SSSR count). The van der Waals surface area contributed by atoms with Crippen LogP contribution in [0, 0.1) is 0 Å². The zero-order chi connectivity index (χ0) is 18.7. The van der Waals surface area contributed by atoms with Gasteiger partial charge in [0.25, 0.3) is 5.91 Å². The molecule has 2 aromatic rings. The second kappa shape index (κ2) is 7.22. The van der Waals surface area contributed by atoms with Crippen molar-refractivity contribution in [2.45, 2.75) is 32.3 Å². The Hall–Kier alpha value is -2.79.